The minimum atomic E-state index is -2.77. The van der Waals surface area contributed by atoms with Crippen LogP contribution in [0.2, 0.25) is 0 Å². The van der Waals surface area contributed by atoms with E-state index in [9.17, 15) is 8.78 Å². The molecule has 2 heteroatoms. The van der Waals surface area contributed by atoms with Gasteiger partial charge in [-0.1, -0.05) is 30.4 Å². The molecule has 0 nitrogen and oxygen atoms in total. The van der Waals surface area contributed by atoms with E-state index in [1.807, 2.05) is 6.07 Å². The fourth-order valence-corrected chi connectivity index (χ4v) is 1.18. The quantitative estimate of drug-likeness (QED) is 0.653. The summed E-state index contributed by atoms with van der Waals surface area (Å²) in [7, 11) is 0. The summed E-state index contributed by atoms with van der Waals surface area (Å²) in [6.45, 7) is 6.24. The Hall–Kier alpha value is -1.18. The van der Waals surface area contributed by atoms with Crippen molar-refractivity contribution < 1.29 is 8.78 Å². The van der Waals surface area contributed by atoms with E-state index >= 15 is 0 Å². The molecule has 0 heterocycles. The van der Waals surface area contributed by atoms with Crippen molar-refractivity contribution in [2.75, 3.05) is 0 Å². The third-order valence-electron chi connectivity index (χ3n) is 1.84. The average molecular weight is 182 g/mol. The van der Waals surface area contributed by atoms with Gasteiger partial charge in [0.05, 0.1) is 0 Å². The molecule has 0 saturated carbocycles. The zero-order valence-electron chi connectivity index (χ0n) is 7.77. The van der Waals surface area contributed by atoms with E-state index in [0.29, 0.717) is 0 Å². The summed E-state index contributed by atoms with van der Waals surface area (Å²) in [6.07, 6.45) is 1.57. The van der Waals surface area contributed by atoms with Crippen LogP contribution in [-0.2, 0) is 5.92 Å². The fourth-order valence-electron chi connectivity index (χ4n) is 1.18. The highest BCUT2D eigenvalue weighted by molar-refractivity contribution is 5.50. The number of alkyl halides is 2. The SMILES string of the molecule is C=Cc1cc(C)cc(C(C)(F)F)c1. The highest BCUT2D eigenvalue weighted by atomic mass is 19.3. The third kappa shape index (κ3) is 2.38. The topological polar surface area (TPSA) is 0 Å². The second kappa shape index (κ2) is 3.29. The summed E-state index contributed by atoms with van der Waals surface area (Å²) >= 11 is 0. The second-order valence-electron chi connectivity index (χ2n) is 3.22. The molecule has 1 aromatic carbocycles. The molecule has 0 aliphatic carbocycles. The van der Waals surface area contributed by atoms with Gasteiger partial charge in [0, 0.05) is 12.5 Å². The number of hydrogen-bond donors (Lipinski definition) is 0. The molecular formula is C11H12F2. The lowest BCUT2D eigenvalue weighted by Gasteiger charge is -2.12. The van der Waals surface area contributed by atoms with Crippen molar-refractivity contribution in [2.24, 2.45) is 0 Å². The Kier molecular flexibility index (Phi) is 2.50. The van der Waals surface area contributed by atoms with Crippen molar-refractivity contribution in [1.29, 1.82) is 0 Å². The molecule has 0 N–H and O–H groups in total. The van der Waals surface area contributed by atoms with Crippen molar-refractivity contribution in [1.82, 2.24) is 0 Å². The Morgan fingerprint density at radius 1 is 1.31 bits per heavy atom. The molecule has 0 aliphatic rings. The first kappa shape index (κ1) is 9.90. The minimum Gasteiger partial charge on any atom is -0.202 e. The predicted octanol–water partition coefficient (Wildman–Crippen LogP) is 3.75. The first-order valence-electron chi connectivity index (χ1n) is 4.06. The highest BCUT2D eigenvalue weighted by Gasteiger charge is 2.24. The van der Waals surface area contributed by atoms with Gasteiger partial charge in [0.15, 0.2) is 0 Å². The van der Waals surface area contributed by atoms with E-state index in [0.717, 1.165) is 18.1 Å². The molecule has 1 aromatic rings. The molecule has 0 amide bonds. The lowest BCUT2D eigenvalue weighted by Crippen LogP contribution is -2.07. The maximum atomic E-state index is 12.9. The summed E-state index contributed by atoms with van der Waals surface area (Å²) in [5.74, 6) is -2.77. The van der Waals surface area contributed by atoms with Gasteiger partial charge in [0.2, 0.25) is 0 Å². The van der Waals surface area contributed by atoms with Crippen molar-refractivity contribution >= 4 is 6.08 Å². The zero-order valence-corrected chi connectivity index (χ0v) is 7.77. The van der Waals surface area contributed by atoms with Crippen molar-refractivity contribution in [2.45, 2.75) is 19.8 Å². The van der Waals surface area contributed by atoms with Gasteiger partial charge in [-0.05, 0) is 18.6 Å². The van der Waals surface area contributed by atoms with Gasteiger partial charge in [-0.3, -0.25) is 0 Å². The molecule has 0 unspecified atom stereocenters. The molecular weight excluding hydrogens is 170 g/mol. The smallest absolute Gasteiger partial charge is 0.202 e. The highest BCUT2D eigenvalue weighted by Crippen LogP contribution is 2.28. The summed E-state index contributed by atoms with van der Waals surface area (Å²) in [5, 5.41) is 0. The van der Waals surface area contributed by atoms with Crippen molar-refractivity contribution in [3.05, 3.63) is 41.5 Å². The molecule has 70 valence electrons. The van der Waals surface area contributed by atoms with Crippen molar-refractivity contribution in [3.63, 3.8) is 0 Å². The Labute approximate surface area is 76.9 Å². The Bertz CT molecular complexity index is 321. The lowest BCUT2D eigenvalue weighted by atomic mass is 10.0. The number of rotatable bonds is 2. The summed E-state index contributed by atoms with van der Waals surface area (Å²) < 4.78 is 25.8. The molecule has 0 aliphatic heterocycles. The number of aryl methyl sites for hydroxylation is 1. The van der Waals surface area contributed by atoms with E-state index in [4.69, 9.17) is 0 Å². The van der Waals surface area contributed by atoms with E-state index in [-0.39, 0.29) is 5.56 Å². The molecule has 0 saturated heterocycles. The van der Waals surface area contributed by atoms with Crippen molar-refractivity contribution in [3.8, 4) is 0 Å². The van der Waals surface area contributed by atoms with E-state index in [1.54, 1.807) is 13.0 Å². The summed E-state index contributed by atoms with van der Waals surface area (Å²) in [4.78, 5) is 0. The predicted molar refractivity (Wildman–Crippen MR) is 50.8 cm³/mol. The van der Waals surface area contributed by atoms with Gasteiger partial charge < -0.3 is 0 Å². The van der Waals surface area contributed by atoms with Gasteiger partial charge >= 0.3 is 0 Å². The van der Waals surface area contributed by atoms with Crippen LogP contribution in [0.25, 0.3) is 6.08 Å². The normalized spacial score (nSPS) is 11.4. The molecule has 1 rings (SSSR count). The summed E-state index contributed by atoms with van der Waals surface area (Å²) in [6, 6.07) is 4.77. The van der Waals surface area contributed by atoms with Crippen LogP contribution in [0.4, 0.5) is 8.78 Å². The zero-order chi connectivity index (χ0) is 10.1. The van der Waals surface area contributed by atoms with E-state index in [1.165, 1.54) is 12.1 Å². The van der Waals surface area contributed by atoms with Crippen LogP contribution < -0.4 is 0 Å². The molecule has 0 aromatic heterocycles. The fraction of sp³-hybridized carbons (Fsp3) is 0.273. The third-order valence-corrected chi connectivity index (χ3v) is 1.84. The van der Waals surface area contributed by atoms with E-state index < -0.39 is 5.92 Å². The molecule has 13 heavy (non-hydrogen) atoms. The van der Waals surface area contributed by atoms with Gasteiger partial charge in [-0.2, -0.15) is 0 Å². The van der Waals surface area contributed by atoms with Crippen LogP contribution in [0.3, 0.4) is 0 Å². The van der Waals surface area contributed by atoms with Crippen LogP contribution in [0.15, 0.2) is 24.8 Å². The molecule has 0 radical (unpaired) electrons. The Balaban J connectivity index is 3.24. The first-order chi connectivity index (χ1) is 5.93. The largest absolute Gasteiger partial charge is 0.270 e. The Morgan fingerprint density at radius 2 is 1.92 bits per heavy atom. The maximum Gasteiger partial charge on any atom is 0.270 e. The standard InChI is InChI=1S/C11H12F2/c1-4-9-5-8(2)6-10(7-9)11(3,12)13/h4-7H,1H2,2-3H3. The second-order valence-corrected chi connectivity index (χ2v) is 3.22. The molecule has 0 bridgehead atoms. The molecule has 0 fully saturated rings. The minimum absolute atomic E-state index is 0.0439. The number of halogens is 2. The molecule has 0 spiro atoms. The van der Waals surface area contributed by atoms with Crippen LogP contribution in [0.1, 0.15) is 23.6 Å². The summed E-state index contributed by atoms with van der Waals surface area (Å²) in [5.41, 5.74) is 1.60. The maximum absolute atomic E-state index is 12.9. The first-order valence-corrected chi connectivity index (χ1v) is 4.06. The number of benzene rings is 1. The van der Waals surface area contributed by atoms with Gasteiger partial charge in [0.1, 0.15) is 0 Å². The monoisotopic (exact) mass is 182 g/mol. The van der Waals surface area contributed by atoms with Gasteiger partial charge in [0.25, 0.3) is 5.92 Å². The Morgan fingerprint density at radius 3 is 2.38 bits per heavy atom. The lowest BCUT2D eigenvalue weighted by molar-refractivity contribution is 0.0174. The number of hydrogen-bond acceptors (Lipinski definition) is 0. The van der Waals surface area contributed by atoms with Crippen LogP contribution in [-0.4, -0.2) is 0 Å². The van der Waals surface area contributed by atoms with Gasteiger partial charge in [-0.15, -0.1) is 0 Å². The van der Waals surface area contributed by atoms with E-state index in [2.05, 4.69) is 6.58 Å². The van der Waals surface area contributed by atoms with Crippen LogP contribution in [0, 0.1) is 6.92 Å². The average Bonchev–Trinajstić information content (AvgIpc) is 2.01. The van der Waals surface area contributed by atoms with Crippen LogP contribution in [0.5, 0.6) is 0 Å². The molecule has 0 atom stereocenters. The van der Waals surface area contributed by atoms with Crippen LogP contribution >= 0.6 is 0 Å². The van der Waals surface area contributed by atoms with Gasteiger partial charge in [-0.25, -0.2) is 8.78 Å².